The first-order chi connectivity index (χ1) is 7.27. The van der Waals surface area contributed by atoms with Crippen LogP contribution in [0.25, 0.3) is 0 Å². The number of hydrogen-bond donors (Lipinski definition) is 2. The molecule has 0 spiro atoms. The second kappa shape index (κ2) is 4.62. The Morgan fingerprint density at radius 1 is 1.47 bits per heavy atom. The summed E-state index contributed by atoms with van der Waals surface area (Å²) >= 11 is 0. The molecule has 0 aliphatic heterocycles. The standard InChI is InChI=1S/C12H19N3/c1-9-12(10(2)15-14-9)8-13-11-6-4-3-5-7-11/h3-4,11,13H,5-8H2,1-2H3,(H,14,15). The third kappa shape index (κ3) is 2.48. The highest BCUT2D eigenvalue weighted by atomic mass is 15.1. The van der Waals surface area contributed by atoms with Crippen LogP contribution in [0.4, 0.5) is 0 Å². The fourth-order valence-electron chi connectivity index (χ4n) is 2.06. The SMILES string of the molecule is Cc1n[nH]c(C)c1CNC1CC=CCC1. The van der Waals surface area contributed by atoms with E-state index in [1.54, 1.807) is 0 Å². The number of rotatable bonds is 3. The Balaban J connectivity index is 1.90. The normalized spacial score (nSPS) is 20.8. The van der Waals surface area contributed by atoms with Gasteiger partial charge in [-0.1, -0.05) is 12.2 Å². The van der Waals surface area contributed by atoms with E-state index in [4.69, 9.17) is 0 Å². The van der Waals surface area contributed by atoms with Crippen LogP contribution in [0.15, 0.2) is 12.2 Å². The Morgan fingerprint density at radius 2 is 2.33 bits per heavy atom. The van der Waals surface area contributed by atoms with Crippen LogP contribution < -0.4 is 5.32 Å². The summed E-state index contributed by atoms with van der Waals surface area (Å²) in [7, 11) is 0. The minimum atomic E-state index is 0.642. The van der Waals surface area contributed by atoms with Gasteiger partial charge in [-0.15, -0.1) is 0 Å². The van der Waals surface area contributed by atoms with Gasteiger partial charge in [0, 0.05) is 23.8 Å². The lowest BCUT2D eigenvalue weighted by molar-refractivity contribution is 0.473. The Bertz CT molecular complexity index is 332. The van der Waals surface area contributed by atoms with Crippen molar-refractivity contribution in [2.24, 2.45) is 0 Å². The van der Waals surface area contributed by atoms with Crippen molar-refractivity contribution in [3.8, 4) is 0 Å². The molecule has 1 aromatic heterocycles. The summed E-state index contributed by atoms with van der Waals surface area (Å²) in [6, 6.07) is 0.642. The van der Waals surface area contributed by atoms with Crippen molar-refractivity contribution in [1.82, 2.24) is 15.5 Å². The Hall–Kier alpha value is -1.09. The van der Waals surface area contributed by atoms with Crippen LogP contribution in [0.1, 0.15) is 36.2 Å². The second-order valence-electron chi connectivity index (χ2n) is 4.27. The lowest BCUT2D eigenvalue weighted by Crippen LogP contribution is -2.29. The number of nitrogens with one attached hydrogen (secondary N) is 2. The highest BCUT2D eigenvalue weighted by Crippen LogP contribution is 2.13. The maximum atomic E-state index is 4.20. The van der Waals surface area contributed by atoms with Crippen molar-refractivity contribution in [1.29, 1.82) is 0 Å². The van der Waals surface area contributed by atoms with E-state index in [9.17, 15) is 0 Å². The van der Waals surface area contributed by atoms with Crippen LogP contribution in [-0.4, -0.2) is 16.2 Å². The number of aromatic nitrogens is 2. The summed E-state index contributed by atoms with van der Waals surface area (Å²) in [6.45, 7) is 5.08. The Morgan fingerprint density at radius 3 is 2.93 bits per heavy atom. The molecule has 0 saturated carbocycles. The summed E-state index contributed by atoms with van der Waals surface area (Å²) in [5.74, 6) is 0. The maximum absolute atomic E-state index is 4.20. The number of aryl methyl sites for hydroxylation is 2. The van der Waals surface area contributed by atoms with E-state index in [2.05, 4.69) is 41.5 Å². The quantitative estimate of drug-likeness (QED) is 0.743. The molecule has 0 amide bonds. The van der Waals surface area contributed by atoms with E-state index in [1.807, 2.05) is 0 Å². The fourth-order valence-corrected chi connectivity index (χ4v) is 2.06. The monoisotopic (exact) mass is 205 g/mol. The molecule has 1 aromatic rings. The number of allylic oxidation sites excluding steroid dienone is 1. The Labute approximate surface area is 91.0 Å². The van der Waals surface area contributed by atoms with Gasteiger partial charge in [0.05, 0.1) is 5.69 Å². The van der Waals surface area contributed by atoms with Crippen molar-refractivity contribution in [3.63, 3.8) is 0 Å². The predicted octanol–water partition coefficient (Wildman–Crippen LogP) is 2.22. The fraction of sp³-hybridized carbons (Fsp3) is 0.583. The van der Waals surface area contributed by atoms with Gasteiger partial charge in [0.2, 0.25) is 0 Å². The molecule has 0 radical (unpaired) electrons. The third-order valence-corrected chi connectivity index (χ3v) is 3.12. The molecule has 82 valence electrons. The zero-order valence-electron chi connectivity index (χ0n) is 9.51. The summed E-state index contributed by atoms with van der Waals surface area (Å²) in [5.41, 5.74) is 3.63. The molecule has 1 aliphatic rings. The zero-order valence-corrected chi connectivity index (χ0v) is 9.51. The molecule has 1 unspecified atom stereocenters. The predicted molar refractivity (Wildman–Crippen MR) is 61.7 cm³/mol. The number of H-pyrrole nitrogens is 1. The van der Waals surface area contributed by atoms with Crippen LogP contribution in [0.5, 0.6) is 0 Å². The van der Waals surface area contributed by atoms with Crippen molar-refractivity contribution < 1.29 is 0 Å². The van der Waals surface area contributed by atoms with Crippen molar-refractivity contribution >= 4 is 0 Å². The van der Waals surface area contributed by atoms with Gasteiger partial charge in [0.25, 0.3) is 0 Å². The van der Waals surface area contributed by atoms with Gasteiger partial charge >= 0.3 is 0 Å². The third-order valence-electron chi connectivity index (χ3n) is 3.12. The van der Waals surface area contributed by atoms with E-state index >= 15 is 0 Å². The highest BCUT2D eigenvalue weighted by Gasteiger charge is 2.11. The number of hydrogen-bond acceptors (Lipinski definition) is 2. The van der Waals surface area contributed by atoms with Crippen LogP contribution >= 0.6 is 0 Å². The van der Waals surface area contributed by atoms with Gasteiger partial charge in [-0.2, -0.15) is 5.10 Å². The molecule has 15 heavy (non-hydrogen) atoms. The summed E-state index contributed by atoms with van der Waals surface area (Å²) in [4.78, 5) is 0. The maximum Gasteiger partial charge on any atom is 0.0638 e. The van der Waals surface area contributed by atoms with Crippen molar-refractivity contribution in [2.75, 3.05) is 0 Å². The number of aromatic amines is 1. The first kappa shape index (κ1) is 10.4. The van der Waals surface area contributed by atoms with Crippen molar-refractivity contribution in [2.45, 2.75) is 45.7 Å². The molecule has 3 nitrogen and oxygen atoms in total. The highest BCUT2D eigenvalue weighted by molar-refractivity contribution is 5.22. The molecule has 0 fully saturated rings. The summed E-state index contributed by atoms with van der Waals surface area (Å²) < 4.78 is 0. The summed E-state index contributed by atoms with van der Waals surface area (Å²) in [5, 5.41) is 10.8. The smallest absolute Gasteiger partial charge is 0.0638 e. The van der Waals surface area contributed by atoms with Crippen LogP contribution in [-0.2, 0) is 6.54 Å². The molecule has 3 heteroatoms. The topological polar surface area (TPSA) is 40.7 Å². The molecular formula is C12H19N3. The van der Waals surface area contributed by atoms with E-state index in [0.717, 1.165) is 18.7 Å². The van der Waals surface area contributed by atoms with E-state index in [0.29, 0.717) is 6.04 Å². The minimum Gasteiger partial charge on any atom is -0.309 e. The molecule has 1 aliphatic carbocycles. The average molecular weight is 205 g/mol. The Kier molecular flexibility index (Phi) is 3.21. The van der Waals surface area contributed by atoms with Gasteiger partial charge in [0.15, 0.2) is 0 Å². The second-order valence-corrected chi connectivity index (χ2v) is 4.27. The van der Waals surface area contributed by atoms with E-state index in [1.165, 1.54) is 24.1 Å². The molecule has 0 saturated heterocycles. The summed E-state index contributed by atoms with van der Waals surface area (Å²) in [6.07, 6.45) is 8.17. The van der Waals surface area contributed by atoms with Crippen LogP contribution in [0.3, 0.4) is 0 Å². The average Bonchev–Trinajstić information content (AvgIpc) is 2.58. The van der Waals surface area contributed by atoms with Crippen LogP contribution in [0.2, 0.25) is 0 Å². The largest absolute Gasteiger partial charge is 0.309 e. The zero-order chi connectivity index (χ0) is 10.7. The molecular weight excluding hydrogens is 186 g/mol. The lowest BCUT2D eigenvalue weighted by Gasteiger charge is -2.19. The van der Waals surface area contributed by atoms with Gasteiger partial charge in [-0.05, 0) is 33.1 Å². The van der Waals surface area contributed by atoms with Gasteiger partial charge in [0.1, 0.15) is 0 Å². The van der Waals surface area contributed by atoms with Crippen LogP contribution in [0, 0.1) is 13.8 Å². The molecule has 1 heterocycles. The first-order valence-electron chi connectivity index (χ1n) is 5.66. The number of nitrogens with zero attached hydrogens (tertiary/aromatic N) is 1. The molecule has 2 N–H and O–H groups in total. The minimum absolute atomic E-state index is 0.642. The first-order valence-corrected chi connectivity index (χ1v) is 5.66. The molecule has 0 bridgehead atoms. The lowest BCUT2D eigenvalue weighted by atomic mass is 10.0. The van der Waals surface area contributed by atoms with Gasteiger partial charge in [-0.25, -0.2) is 0 Å². The van der Waals surface area contributed by atoms with Gasteiger partial charge < -0.3 is 5.32 Å². The molecule has 1 atom stereocenters. The molecule has 2 rings (SSSR count). The van der Waals surface area contributed by atoms with E-state index in [-0.39, 0.29) is 0 Å². The van der Waals surface area contributed by atoms with Crippen molar-refractivity contribution in [3.05, 3.63) is 29.1 Å². The van der Waals surface area contributed by atoms with Gasteiger partial charge in [-0.3, -0.25) is 5.10 Å². The molecule has 0 aromatic carbocycles. The van der Waals surface area contributed by atoms with E-state index < -0.39 is 0 Å².